The molecule has 0 aliphatic heterocycles. The average molecular weight is 404 g/mol. The zero-order valence-electron chi connectivity index (χ0n) is 16.3. The first kappa shape index (κ1) is 18.9. The third-order valence-corrected chi connectivity index (χ3v) is 5.61. The van der Waals surface area contributed by atoms with E-state index in [4.69, 9.17) is 9.47 Å². The largest absolute Gasteiger partial charge is 0.493 e. The summed E-state index contributed by atoms with van der Waals surface area (Å²) in [5.41, 5.74) is 5.98. The SMILES string of the molecule is COc1ccc(/C(C)=N\Nc2ncnc3sc(-c4ccccc4)cc23)cc1OC. The van der Waals surface area contributed by atoms with E-state index in [1.54, 1.807) is 31.9 Å². The lowest BCUT2D eigenvalue weighted by atomic mass is 10.1. The zero-order valence-corrected chi connectivity index (χ0v) is 17.2. The highest BCUT2D eigenvalue weighted by Gasteiger charge is 2.11. The number of benzene rings is 2. The maximum Gasteiger partial charge on any atom is 0.161 e. The molecular weight excluding hydrogens is 384 g/mol. The molecule has 0 bridgehead atoms. The normalized spacial score (nSPS) is 11.5. The number of methoxy groups -OCH3 is 2. The average Bonchev–Trinajstić information content (AvgIpc) is 3.22. The van der Waals surface area contributed by atoms with Crippen molar-refractivity contribution in [1.82, 2.24) is 9.97 Å². The number of anilines is 1. The number of hydrazone groups is 1. The van der Waals surface area contributed by atoms with Crippen LogP contribution in [0.2, 0.25) is 0 Å². The van der Waals surface area contributed by atoms with E-state index < -0.39 is 0 Å². The molecule has 2 aromatic heterocycles. The lowest BCUT2D eigenvalue weighted by Crippen LogP contribution is -2.02. The summed E-state index contributed by atoms with van der Waals surface area (Å²) in [5.74, 6) is 2.02. The van der Waals surface area contributed by atoms with Gasteiger partial charge in [0.25, 0.3) is 0 Å². The molecule has 4 aromatic rings. The lowest BCUT2D eigenvalue weighted by Gasteiger charge is -2.09. The molecule has 0 atom stereocenters. The van der Waals surface area contributed by atoms with Gasteiger partial charge in [0.05, 0.1) is 25.3 Å². The number of fused-ring (bicyclic) bond motifs is 1. The Bertz CT molecular complexity index is 1170. The molecule has 0 amide bonds. The van der Waals surface area contributed by atoms with Gasteiger partial charge in [0.2, 0.25) is 0 Å². The number of hydrogen-bond donors (Lipinski definition) is 1. The van der Waals surface area contributed by atoms with Gasteiger partial charge in [0, 0.05) is 10.4 Å². The second kappa shape index (κ2) is 8.28. The summed E-state index contributed by atoms with van der Waals surface area (Å²) in [6, 6.07) is 18.0. The number of nitrogens with one attached hydrogen (secondary N) is 1. The lowest BCUT2D eigenvalue weighted by molar-refractivity contribution is 0.355. The van der Waals surface area contributed by atoms with Crippen LogP contribution in [0.1, 0.15) is 12.5 Å². The van der Waals surface area contributed by atoms with Gasteiger partial charge in [0.15, 0.2) is 17.3 Å². The molecule has 6 nitrogen and oxygen atoms in total. The van der Waals surface area contributed by atoms with Crippen LogP contribution in [-0.4, -0.2) is 29.9 Å². The minimum Gasteiger partial charge on any atom is -0.493 e. The van der Waals surface area contributed by atoms with Gasteiger partial charge in [-0.25, -0.2) is 9.97 Å². The van der Waals surface area contributed by atoms with Crippen molar-refractivity contribution >= 4 is 33.1 Å². The van der Waals surface area contributed by atoms with Crippen molar-refractivity contribution in [1.29, 1.82) is 0 Å². The molecule has 0 saturated carbocycles. The summed E-state index contributed by atoms with van der Waals surface area (Å²) in [7, 11) is 3.23. The second-order valence-electron chi connectivity index (χ2n) is 6.30. The Morgan fingerprint density at radius 2 is 1.76 bits per heavy atom. The van der Waals surface area contributed by atoms with Gasteiger partial charge in [-0.3, -0.25) is 5.43 Å². The molecule has 1 N–H and O–H groups in total. The fourth-order valence-electron chi connectivity index (χ4n) is 2.95. The van der Waals surface area contributed by atoms with E-state index in [9.17, 15) is 0 Å². The number of ether oxygens (including phenoxy) is 2. The van der Waals surface area contributed by atoms with Gasteiger partial charge in [0.1, 0.15) is 11.2 Å². The van der Waals surface area contributed by atoms with E-state index in [0.29, 0.717) is 17.3 Å². The van der Waals surface area contributed by atoms with Crippen LogP contribution >= 0.6 is 11.3 Å². The third-order valence-electron chi connectivity index (χ3n) is 4.52. The van der Waals surface area contributed by atoms with E-state index in [1.165, 1.54) is 0 Å². The Kier molecular flexibility index (Phi) is 5.39. The molecule has 0 fully saturated rings. The highest BCUT2D eigenvalue weighted by molar-refractivity contribution is 7.21. The van der Waals surface area contributed by atoms with Crippen molar-refractivity contribution in [2.75, 3.05) is 19.6 Å². The molecular formula is C22H20N4O2S. The minimum absolute atomic E-state index is 0.661. The van der Waals surface area contributed by atoms with Crippen LogP contribution < -0.4 is 14.9 Å². The van der Waals surface area contributed by atoms with Gasteiger partial charge in [-0.2, -0.15) is 5.10 Å². The minimum atomic E-state index is 0.661. The number of thiophene rings is 1. The van der Waals surface area contributed by atoms with Crippen LogP contribution in [-0.2, 0) is 0 Å². The Balaban J connectivity index is 1.63. The first-order valence-electron chi connectivity index (χ1n) is 9.02. The third kappa shape index (κ3) is 3.90. The van der Waals surface area contributed by atoms with Crippen LogP contribution in [0, 0.1) is 0 Å². The molecule has 0 aliphatic rings. The van der Waals surface area contributed by atoms with Crippen LogP contribution in [0.4, 0.5) is 5.82 Å². The summed E-state index contributed by atoms with van der Waals surface area (Å²) in [6.45, 7) is 1.93. The Morgan fingerprint density at radius 1 is 0.966 bits per heavy atom. The summed E-state index contributed by atoms with van der Waals surface area (Å²) in [4.78, 5) is 10.8. The van der Waals surface area contributed by atoms with Gasteiger partial charge in [-0.05, 0) is 36.8 Å². The van der Waals surface area contributed by atoms with Gasteiger partial charge >= 0.3 is 0 Å². The topological polar surface area (TPSA) is 68.6 Å². The predicted octanol–water partition coefficient (Wildman–Crippen LogP) is 5.21. The first-order chi connectivity index (χ1) is 14.2. The molecule has 7 heteroatoms. The van der Waals surface area contributed by atoms with Crippen LogP contribution in [0.25, 0.3) is 20.7 Å². The van der Waals surface area contributed by atoms with Crippen LogP contribution in [0.5, 0.6) is 11.5 Å². The quantitative estimate of drug-likeness (QED) is 0.353. The van der Waals surface area contributed by atoms with Crippen molar-refractivity contribution in [2.45, 2.75) is 6.92 Å². The summed E-state index contributed by atoms with van der Waals surface area (Å²) < 4.78 is 10.7. The Morgan fingerprint density at radius 3 is 2.52 bits per heavy atom. The number of hydrogen-bond acceptors (Lipinski definition) is 7. The van der Waals surface area contributed by atoms with Crippen LogP contribution in [0.3, 0.4) is 0 Å². The van der Waals surface area contributed by atoms with Crippen molar-refractivity contribution in [3.63, 3.8) is 0 Å². The molecule has 0 spiro atoms. The first-order valence-corrected chi connectivity index (χ1v) is 9.84. The van der Waals surface area contributed by atoms with E-state index in [0.717, 1.165) is 31.9 Å². The molecule has 0 saturated heterocycles. The molecule has 0 radical (unpaired) electrons. The fraction of sp³-hybridized carbons (Fsp3) is 0.136. The molecule has 2 aromatic carbocycles. The fourth-order valence-corrected chi connectivity index (χ4v) is 3.96. The number of aromatic nitrogens is 2. The number of rotatable bonds is 6. The summed E-state index contributed by atoms with van der Waals surface area (Å²) >= 11 is 1.63. The van der Waals surface area contributed by atoms with E-state index in [2.05, 4.69) is 38.7 Å². The van der Waals surface area contributed by atoms with E-state index in [-0.39, 0.29) is 0 Å². The van der Waals surface area contributed by atoms with Gasteiger partial charge in [-0.1, -0.05) is 30.3 Å². The smallest absolute Gasteiger partial charge is 0.161 e. The monoisotopic (exact) mass is 404 g/mol. The summed E-state index contributed by atoms with van der Waals surface area (Å²) in [5, 5.41) is 5.46. The standard InChI is InChI=1S/C22H20N4O2S/c1-14(16-9-10-18(27-2)19(11-16)28-3)25-26-21-17-12-20(15-7-5-4-6-8-15)29-22(17)24-13-23-21/h4-13H,1-3H3,(H,23,24,26)/b25-14-. The zero-order chi connectivity index (χ0) is 20.2. The van der Waals surface area contributed by atoms with Crippen molar-refractivity contribution in [3.8, 4) is 21.9 Å². The maximum absolute atomic E-state index is 5.37. The van der Waals surface area contributed by atoms with Crippen molar-refractivity contribution < 1.29 is 9.47 Å². The number of nitrogens with zero attached hydrogens (tertiary/aromatic N) is 3. The van der Waals surface area contributed by atoms with E-state index >= 15 is 0 Å². The molecule has 2 heterocycles. The van der Waals surface area contributed by atoms with Gasteiger partial charge in [-0.15, -0.1) is 11.3 Å². The highest BCUT2D eigenvalue weighted by atomic mass is 32.1. The highest BCUT2D eigenvalue weighted by Crippen LogP contribution is 2.35. The van der Waals surface area contributed by atoms with Crippen LogP contribution in [0.15, 0.2) is 66.0 Å². The molecule has 0 aliphatic carbocycles. The predicted molar refractivity (Wildman–Crippen MR) is 118 cm³/mol. The van der Waals surface area contributed by atoms with E-state index in [1.807, 2.05) is 43.3 Å². The van der Waals surface area contributed by atoms with Crippen molar-refractivity contribution in [2.24, 2.45) is 5.10 Å². The Hall–Kier alpha value is -3.45. The molecule has 0 unspecified atom stereocenters. The molecule has 4 rings (SSSR count). The van der Waals surface area contributed by atoms with Gasteiger partial charge < -0.3 is 9.47 Å². The Labute approximate surface area is 172 Å². The molecule has 29 heavy (non-hydrogen) atoms. The second-order valence-corrected chi connectivity index (χ2v) is 7.33. The maximum atomic E-state index is 5.37. The summed E-state index contributed by atoms with van der Waals surface area (Å²) in [6.07, 6.45) is 1.55. The molecule has 146 valence electrons. The van der Waals surface area contributed by atoms with Crippen molar-refractivity contribution in [3.05, 3.63) is 66.5 Å².